The van der Waals surface area contributed by atoms with Crippen molar-refractivity contribution in [3.63, 3.8) is 0 Å². The summed E-state index contributed by atoms with van der Waals surface area (Å²) in [5, 5.41) is 14.4. The lowest BCUT2D eigenvalue weighted by molar-refractivity contribution is -0.384. The molecule has 0 aromatic heterocycles. The molecule has 0 aliphatic carbocycles. The first-order chi connectivity index (χ1) is 8.61. The van der Waals surface area contributed by atoms with Gasteiger partial charge in [0.2, 0.25) is 0 Å². The molecule has 1 N–H and O–H groups in total. The highest BCUT2D eigenvalue weighted by Crippen LogP contribution is 2.32. The van der Waals surface area contributed by atoms with Gasteiger partial charge in [-0.3, -0.25) is 10.1 Å². The van der Waals surface area contributed by atoms with Crippen molar-refractivity contribution in [2.24, 2.45) is 0 Å². The molecule has 0 saturated carbocycles. The highest BCUT2D eigenvalue weighted by atomic mass is 16.6. The number of hydrogen-bond donors (Lipinski definition) is 1. The predicted molar refractivity (Wildman–Crippen MR) is 69.3 cm³/mol. The van der Waals surface area contributed by atoms with Gasteiger partial charge in [0.05, 0.1) is 12.0 Å². The third kappa shape index (κ3) is 2.53. The van der Waals surface area contributed by atoms with Crippen LogP contribution in [0.1, 0.15) is 6.92 Å². The van der Waals surface area contributed by atoms with Gasteiger partial charge in [0.25, 0.3) is 5.69 Å². The highest BCUT2D eigenvalue weighted by molar-refractivity contribution is 5.66. The van der Waals surface area contributed by atoms with Gasteiger partial charge >= 0.3 is 0 Å². The maximum absolute atomic E-state index is 11.1. The zero-order valence-electron chi connectivity index (χ0n) is 10.5. The molecule has 18 heavy (non-hydrogen) atoms. The molecule has 1 aromatic carbocycles. The fourth-order valence-corrected chi connectivity index (χ4v) is 2.19. The number of piperazine rings is 1. The second-order valence-corrected chi connectivity index (χ2v) is 4.41. The second-order valence-electron chi connectivity index (χ2n) is 4.41. The summed E-state index contributed by atoms with van der Waals surface area (Å²) in [4.78, 5) is 12.8. The van der Waals surface area contributed by atoms with E-state index in [9.17, 15) is 10.1 Å². The van der Waals surface area contributed by atoms with Gasteiger partial charge in [0.15, 0.2) is 0 Å². The van der Waals surface area contributed by atoms with Crippen molar-refractivity contribution in [3.05, 3.63) is 28.3 Å². The Balaban J connectivity index is 2.36. The molecule has 98 valence electrons. The van der Waals surface area contributed by atoms with Crippen molar-refractivity contribution in [1.82, 2.24) is 5.32 Å². The maximum atomic E-state index is 11.1. The first-order valence-corrected chi connectivity index (χ1v) is 5.92. The average molecular weight is 251 g/mol. The Morgan fingerprint density at radius 2 is 2.33 bits per heavy atom. The van der Waals surface area contributed by atoms with Gasteiger partial charge < -0.3 is 15.0 Å². The predicted octanol–water partition coefficient (Wildman–Crippen LogP) is 1.40. The molecule has 1 aromatic rings. The molecule has 1 aliphatic rings. The van der Waals surface area contributed by atoms with Crippen LogP contribution in [0, 0.1) is 10.1 Å². The molecule has 6 nitrogen and oxygen atoms in total. The number of rotatable bonds is 3. The van der Waals surface area contributed by atoms with Crippen molar-refractivity contribution in [1.29, 1.82) is 0 Å². The van der Waals surface area contributed by atoms with Crippen LogP contribution in [-0.4, -0.2) is 37.7 Å². The smallest absolute Gasteiger partial charge is 0.292 e. The topological polar surface area (TPSA) is 67.6 Å². The lowest BCUT2D eigenvalue weighted by atomic mass is 10.1. The van der Waals surface area contributed by atoms with Crippen LogP contribution in [0.5, 0.6) is 5.75 Å². The van der Waals surface area contributed by atoms with Crippen molar-refractivity contribution in [3.8, 4) is 5.75 Å². The van der Waals surface area contributed by atoms with Gasteiger partial charge in [-0.05, 0) is 13.0 Å². The normalized spacial score (nSPS) is 19.7. The monoisotopic (exact) mass is 251 g/mol. The molecule has 1 unspecified atom stereocenters. The van der Waals surface area contributed by atoms with Crippen LogP contribution >= 0.6 is 0 Å². The largest absolute Gasteiger partial charge is 0.497 e. The summed E-state index contributed by atoms with van der Waals surface area (Å²) in [5.41, 5.74) is 0.762. The minimum Gasteiger partial charge on any atom is -0.497 e. The van der Waals surface area contributed by atoms with Crippen molar-refractivity contribution >= 4 is 11.4 Å². The second kappa shape index (κ2) is 5.22. The van der Waals surface area contributed by atoms with Gasteiger partial charge in [-0.1, -0.05) is 0 Å². The molecule has 0 spiro atoms. The van der Waals surface area contributed by atoms with E-state index in [1.54, 1.807) is 19.2 Å². The Morgan fingerprint density at radius 1 is 1.56 bits per heavy atom. The summed E-state index contributed by atoms with van der Waals surface area (Å²) in [7, 11) is 1.56. The van der Waals surface area contributed by atoms with Crippen LogP contribution in [0.3, 0.4) is 0 Å². The lowest BCUT2D eigenvalue weighted by Crippen LogP contribution is -2.49. The van der Waals surface area contributed by atoms with E-state index in [4.69, 9.17) is 4.74 Å². The van der Waals surface area contributed by atoms with Crippen LogP contribution in [0.4, 0.5) is 11.4 Å². The fraction of sp³-hybridized carbons (Fsp3) is 0.500. The van der Waals surface area contributed by atoms with E-state index < -0.39 is 0 Å². The summed E-state index contributed by atoms with van der Waals surface area (Å²) >= 11 is 0. The fourth-order valence-electron chi connectivity index (χ4n) is 2.19. The molecule has 0 radical (unpaired) electrons. The Kier molecular flexibility index (Phi) is 3.66. The number of nitro benzene ring substituents is 1. The van der Waals surface area contributed by atoms with E-state index in [1.165, 1.54) is 6.07 Å². The SMILES string of the molecule is COc1ccc([N+](=O)[O-])c(N2CCNC(C)C2)c1. The summed E-state index contributed by atoms with van der Waals surface area (Å²) in [6, 6.07) is 5.18. The van der Waals surface area contributed by atoms with Gasteiger partial charge in [-0.2, -0.15) is 0 Å². The molecule has 1 atom stereocenters. The molecule has 1 fully saturated rings. The number of ether oxygens (including phenoxy) is 1. The van der Waals surface area contributed by atoms with E-state index in [2.05, 4.69) is 12.2 Å². The van der Waals surface area contributed by atoms with E-state index in [0.717, 1.165) is 19.6 Å². The minimum atomic E-state index is -0.346. The third-order valence-electron chi connectivity index (χ3n) is 3.09. The quantitative estimate of drug-likeness (QED) is 0.649. The average Bonchev–Trinajstić information content (AvgIpc) is 2.38. The first-order valence-electron chi connectivity index (χ1n) is 5.92. The number of anilines is 1. The lowest BCUT2D eigenvalue weighted by Gasteiger charge is -2.33. The third-order valence-corrected chi connectivity index (χ3v) is 3.09. The van der Waals surface area contributed by atoms with Gasteiger partial charge in [0, 0.05) is 37.8 Å². The summed E-state index contributed by atoms with van der Waals surface area (Å²) in [5.74, 6) is 0.641. The molecule has 1 aliphatic heterocycles. The van der Waals surface area contributed by atoms with Crippen molar-refractivity contribution in [2.45, 2.75) is 13.0 Å². The number of nitrogens with zero attached hydrogens (tertiary/aromatic N) is 2. The number of benzene rings is 1. The molecule has 6 heteroatoms. The van der Waals surface area contributed by atoms with Crippen molar-refractivity contribution < 1.29 is 9.66 Å². The van der Waals surface area contributed by atoms with E-state index in [0.29, 0.717) is 17.5 Å². The Labute approximate surface area is 106 Å². The van der Waals surface area contributed by atoms with Gasteiger partial charge in [0.1, 0.15) is 11.4 Å². The molecule has 0 amide bonds. The Bertz CT molecular complexity index is 450. The van der Waals surface area contributed by atoms with Crippen LogP contribution in [0.25, 0.3) is 0 Å². The van der Waals surface area contributed by atoms with Gasteiger partial charge in [-0.15, -0.1) is 0 Å². The highest BCUT2D eigenvalue weighted by Gasteiger charge is 2.23. The van der Waals surface area contributed by atoms with Gasteiger partial charge in [-0.25, -0.2) is 0 Å². The van der Waals surface area contributed by atoms with Crippen LogP contribution in [0.2, 0.25) is 0 Å². The molecule has 2 rings (SSSR count). The molecule has 1 saturated heterocycles. The first kappa shape index (κ1) is 12.6. The minimum absolute atomic E-state index is 0.130. The van der Waals surface area contributed by atoms with Crippen LogP contribution in [-0.2, 0) is 0 Å². The van der Waals surface area contributed by atoms with Crippen LogP contribution < -0.4 is 15.0 Å². The maximum Gasteiger partial charge on any atom is 0.292 e. The zero-order chi connectivity index (χ0) is 13.1. The van der Waals surface area contributed by atoms with E-state index >= 15 is 0 Å². The Hall–Kier alpha value is -1.82. The number of methoxy groups -OCH3 is 1. The van der Waals surface area contributed by atoms with Crippen LogP contribution in [0.15, 0.2) is 18.2 Å². The standard InChI is InChI=1S/C12H17N3O3/c1-9-8-14(6-5-13-9)12-7-10(18-2)3-4-11(12)15(16)17/h3-4,7,9,13H,5-6,8H2,1-2H3. The van der Waals surface area contributed by atoms with E-state index in [1.807, 2.05) is 4.90 Å². The molecule has 1 heterocycles. The summed E-state index contributed by atoms with van der Waals surface area (Å²) in [6.45, 7) is 4.42. The molecular weight excluding hydrogens is 234 g/mol. The number of nitrogens with one attached hydrogen (secondary N) is 1. The molecule has 0 bridgehead atoms. The van der Waals surface area contributed by atoms with Crippen molar-refractivity contribution in [2.75, 3.05) is 31.6 Å². The summed E-state index contributed by atoms with van der Waals surface area (Å²) < 4.78 is 5.14. The zero-order valence-corrected chi connectivity index (χ0v) is 10.5. The number of nitro groups is 1. The van der Waals surface area contributed by atoms with E-state index in [-0.39, 0.29) is 10.6 Å². The molecular formula is C12H17N3O3. The number of hydrogen-bond acceptors (Lipinski definition) is 5. The summed E-state index contributed by atoms with van der Waals surface area (Å²) in [6.07, 6.45) is 0. The Morgan fingerprint density at radius 3 is 2.94 bits per heavy atom.